The number of carbonyl (C=O) groups is 2. The average molecular weight is 354 g/mol. The lowest BCUT2D eigenvalue weighted by Crippen LogP contribution is -2.54. The van der Waals surface area contributed by atoms with E-state index < -0.39 is 0 Å². The smallest absolute Gasteiger partial charge is 0.225 e. The van der Waals surface area contributed by atoms with Gasteiger partial charge < -0.3 is 16.0 Å². The van der Waals surface area contributed by atoms with Gasteiger partial charge in [0.2, 0.25) is 11.8 Å². The molecule has 2 amide bonds. The summed E-state index contributed by atoms with van der Waals surface area (Å²) >= 11 is 0. The van der Waals surface area contributed by atoms with Crippen LogP contribution in [0.2, 0.25) is 0 Å². The van der Waals surface area contributed by atoms with Crippen LogP contribution in [0.3, 0.4) is 0 Å². The molecular weight excluding hydrogens is 326 g/mol. The highest BCUT2D eigenvalue weighted by Crippen LogP contribution is 2.29. The van der Waals surface area contributed by atoms with E-state index >= 15 is 0 Å². The third kappa shape index (κ3) is 5.21. The summed E-state index contributed by atoms with van der Waals surface area (Å²) in [6.45, 7) is 7.02. The molecular formula is C18H28ClN3O2. The molecule has 134 valence electrons. The van der Waals surface area contributed by atoms with Crippen LogP contribution in [-0.4, -0.2) is 35.8 Å². The first-order chi connectivity index (χ1) is 10.8. The molecule has 24 heavy (non-hydrogen) atoms. The first-order valence-corrected chi connectivity index (χ1v) is 8.15. The summed E-state index contributed by atoms with van der Waals surface area (Å²) in [5.74, 6) is -0.0692. The number of carbonyl (C=O) groups excluding carboxylic acids is 2. The second-order valence-electron chi connectivity index (χ2n) is 7.07. The van der Waals surface area contributed by atoms with Gasteiger partial charge in [0.1, 0.15) is 0 Å². The molecule has 5 nitrogen and oxygen atoms in total. The zero-order chi connectivity index (χ0) is 17.0. The van der Waals surface area contributed by atoms with E-state index in [1.165, 1.54) is 6.92 Å². The molecule has 1 aliphatic rings. The van der Waals surface area contributed by atoms with Gasteiger partial charge in [-0.1, -0.05) is 44.2 Å². The van der Waals surface area contributed by atoms with E-state index in [0.29, 0.717) is 13.1 Å². The van der Waals surface area contributed by atoms with Crippen molar-refractivity contribution in [1.29, 1.82) is 0 Å². The molecule has 6 heteroatoms. The highest BCUT2D eigenvalue weighted by molar-refractivity contribution is 5.85. The van der Waals surface area contributed by atoms with E-state index in [-0.39, 0.29) is 48.1 Å². The predicted octanol–water partition coefficient (Wildman–Crippen LogP) is 2.26. The summed E-state index contributed by atoms with van der Waals surface area (Å²) < 4.78 is 0. The maximum Gasteiger partial charge on any atom is 0.225 e. The molecule has 2 rings (SSSR count). The molecule has 2 unspecified atom stereocenters. The Morgan fingerprint density at radius 1 is 1.33 bits per heavy atom. The van der Waals surface area contributed by atoms with E-state index in [4.69, 9.17) is 5.73 Å². The molecule has 0 spiro atoms. The zero-order valence-electron chi connectivity index (χ0n) is 14.6. The van der Waals surface area contributed by atoms with Crippen LogP contribution in [0.5, 0.6) is 0 Å². The molecule has 0 radical (unpaired) electrons. The van der Waals surface area contributed by atoms with Crippen molar-refractivity contribution >= 4 is 24.2 Å². The Bertz CT molecular complexity index is 563. The zero-order valence-corrected chi connectivity index (χ0v) is 15.4. The molecule has 1 aromatic carbocycles. The summed E-state index contributed by atoms with van der Waals surface area (Å²) in [4.78, 5) is 26.0. The topological polar surface area (TPSA) is 75.4 Å². The van der Waals surface area contributed by atoms with Crippen LogP contribution in [0.1, 0.15) is 45.2 Å². The van der Waals surface area contributed by atoms with Gasteiger partial charge in [0.15, 0.2) is 0 Å². The second kappa shape index (κ2) is 8.49. The molecule has 2 atom stereocenters. The van der Waals surface area contributed by atoms with E-state index in [0.717, 1.165) is 12.0 Å². The van der Waals surface area contributed by atoms with E-state index in [2.05, 4.69) is 19.2 Å². The summed E-state index contributed by atoms with van der Waals surface area (Å²) in [6.07, 6.45) is 1.09. The van der Waals surface area contributed by atoms with Crippen molar-refractivity contribution in [2.24, 2.45) is 11.1 Å². The molecule has 1 heterocycles. The van der Waals surface area contributed by atoms with Gasteiger partial charge in [0.25, 0.3) is 0 Å². The Morgan fingerprint density at radius 3 is 2.50 bits per heavy atom. The van der Waals surface area contributed by atoms with Crippen molar-refractivity contribution in [2.75, 3.05) is 13.1 Å². The number of hydrogen-bond donors (Lipinski definition) is 2. The Kier molecular flexibility index (Phi) is 7.24. The summed E-state index contributed by atoms with van der Waals surface area (Å²) in [6, 6.07) is 9.44. The lowest BCUT2D eigenvalue weighted by atomic mass is 9.79. The van der Waals surface area contributed by atoms with Crippen molar-refractivity contribution in [3.05, 3.63) is 35.9 Å². The highest BCUT2D eigenvalue weighted by atomic mass is 35.5. The number of likely N-dealkylation sites (tertiary alicyclic amines) is 1. The van der Waals surface area contributed by atoms with Gasteiger partial charge in [-0.25, -0.2) is 0 Å². The van der Waals surface area contributed by atoms with Crippen molar-refractivity contribution in [3.63, 3.8) is 0 Å². The third-order valence-corrected chi connectivity index (χ3v) is 4.62. The van der Waals surface area contributed by atoms with Crippen molar-refractivity contribution < 1.29 is 9.59 Å². The number of hydrogen-bond acceptors (Lipinski definition) is 3. The number of halogens is 1. The van der Waals surface area contributed by atoms with Crippen molar-refractivity contribution in [1.82, 2.24) is 10.2 Å². The molecule has 0 bridgehead atoms. The van der Waals surface area contributed by atoms with Gasteiger partial charge in [0, 0.05) is 26.1 Å². The fourth-order valence-corrected chi connectivity index (χ4v) is 3.07. The summed E-state index contributed by atoms with van der Waals surface area (Å²) in [7, 11) is 0. The molecule has 0 saturated carbocycles. The quantitative estimate of drug-likeness (QED) is 0.871. The van der Waals surface area contributed by atoms with Crippen LogP contribution >= 0.6 is 12.4 Å². The first-order valence-electron chi connectivity index (χ1n) is 8.15. The number of amides is 2. The monoisotopic (exact) mass is 353 g/mol. The molecule has 1 saturated heterocycles. The summed E-state index contributed by atoms with van der Waals surface area (Å²) in [5.41, 5.74) is 7.01. The molecule has 1 aliphatic heterocycles. The van der Waals surface area contributed by atoms with Crippen LogP contribution in [0.25, 0.3) is 0 Å². The second-order valence-corrected chi connectivity index (χ2v) is 7.07. The average Bonchev–Trinajstić information content (AvgIpc) is 2.49. The van der Waals surface area contributed by atoms with Crippen LogP contribution in [0.4, 0.5) is 0 Å². The van der Waals surface area contributed by atoms with Gasteiger partial charge in [-0.3, -0.25) is 9.59 Å². The first kappa shape index (κ1) is 20.5. The minimum absolute atomic E-state index is 0. The van der Waals surface area contributed by atoms with E-state index in [9.17, 15) is 9.59 Å². The Balaban J connectivity index is 0.00000288. The van der Waals surface area contributed by atoms with Crippen molar-refractivity contribution in [2.45, 2.75) is 45.7 Å². The maximum absolute atomic E-state index is 12.7. The molecule has 1 fully saturated rings. The molecule has 1 aromatic rings. The van der Waals surface area contributed by atoms with Crippen LogP contribution < -0.4 is 11.1 Å². The Hall–Kier alpha value is -1.59. The fraction of sp³-hybridized carbons (Fsp3) is 0.556. The van der Waals surface area contributed by atoms with E-state index in [1.54, 1.807) is 0 Å². The van der Waals surface area contributed by atoms with Crippen LogP contribution in [0, 0.1) is 5.41 Å². The van der Waals surface area contributed by atoms with Crippen LogP contribution in [0.15, 0.2) is 30.3 Å². The van der Waals surface area contributed by atoms with Crippen LogP contribution in [-0.2, 0) is 9.59 Å². The lowest BCUT2D eigenvalue weighted by molar-refractivity contribution is -0.135. The number of nitrogens with one attached hydrogen (secondary N) is 1. The third-order valence-electron chi connectivity index (χ3n) is 4.62. The normalized spacial score (nSPS) is 20.7. The number of piperidine rings is 1. The Labute approximate surface area is 150 Å². The van der Waals surface area contributed by atoms with E-state index in [1.807, 2.05) is 35.2 Å². The number of rotatable bonds is 4. The fourth-order valence-electron chi connectivity index (χ4n) is 3.07. The SMILES string of the molecule is CC(=O)NC(CC(=O)N1CCC(N)C(C)(C)C1)c1ccccc1.Cl. The minimum Gasteiger partial charge on any atom is -0.349 e. The van der Waals surface area contributed by atoms with Gasteiger partial charge in [-0.05, 0) is 17.4 Å². The summed E-state index contributed by atoms with van der Waals surface area (Å²) in [5, 5.41) is 2.88. The number of nitrogens with two attached hydrogens (primary N) is 1. The lowest BCUT2D eigenvalue weighted by Gasteiger charge is -2.43. The standard InChI is InChI=1S/C18H27N3O2.ClH/c1-13(22)20-15(14-7-5-4-6-8-14)11-17(23)21-10-9-16(19)18(2,3)12-21;/h4-8,15-16H,9-12,19H2,1-3H3,(H,20,22);1H. The van der Waals surface area contributed by atoms with Gasteiger partial charge in [0.05, 0.1) is 12.5 Å². The maximum atomic E-state index is 12.7. The van der Waals surface area contributed by atoms with Crippen molar-refractivity contribution in [3.8, 4) is 0 Å². The molecule has 0 aromatic heterocycles. The molecule has 0 aliphatic carbocycles. The number of nitrogens with zero attached hydrogens (tertiary/aromatic N) is 1. The molecule has 3 N–H and O–H groups in total. The minimum atomic E-state index is -0.292. The van der Waals surface area contributed by atoms with Gasteiger partial charge >= 0.3 is 0 Å². The van der Waals surface area contributed by atoms with Gasteiger partial charge in [-0.2, -0.15) is 0 Å². The highest BCUT2D eigenvalue weighted by Gasteiger charge is 2.35. The van der Waals surface area contributed by atoms with Gasteiger partial charge in [-0.15, -0.1) is 12.4 Å². The number of benzene rings is 1. The predicted molar refractivity (Wildman–Crippen MR) is 97.8 cm³/mol. The Morgan fingerprint density at radius 2 is 1.96 bits per heavy atom. The largest absolute Gasteiger partial charge is 0.349 e.